The normalized spacial score (nSPS) is 17.1. The molecular formula is C29H32F3N3O6. The van der Waals surface area contributed by atoms with Crippen LogP contribution in [0.25, 0.3) is 16.9 Å². The fourth-order valence-electron chi connectivity index (χ4n) is 5.14. The number of halogens is 3. The standard InChI is InChI=1S/C29H32F3N3O6/c1-39-23-14-19(15-24(41-28(30)31)26(23)22(36)13-18-3-4-18)21-17-33-25-16-20(5-9-35(21)25)40-12-2-8-34-10-6-29(32,7-11-34)27(37)38/h5,9,14-18,28H,2-4,6-8,10-13H2,1H3,(H,37,38). The number of alkyl halides is 3. The van der Waals surface area contributed by atoms with E-state index in [-0.39, 0.29) is 48.0 Å². The van der Waals surface area contributed by atoms with Crippen molar-refractivity contribution in [1.82, 2.24) is 14.3 Å². The van der Waals surface area contributed by atoms with Crippen molar-refractivity contribution in [2.24, 2.45) is 5.92 Å². The number of carboxylic acid groups (broad SMARTS) is 1. The quantitative estimate of drug-likeness (QED) is 0.218. The number of carboxylic acids is 1. The van der Waals surface area contributed by atoms with Gasteiger partial charge in [-0.3, -0.25) is 9.20 Å². The highest BCUT2D eigenvalue weighted by molar-refractivity contribution is 6.02. The first kappa shape index (κ1) is 28.7. The molecule has 1 aromatic carbocycles. The number of carbonyl (C=O) groups excluding carboxylic acids is 1. The minimum Gasteiger partial charge on any atom is -0.496 e. The summed E-state index contributed by atoms with van der Waals surface area (Å²) in [5.74, 6) is -0.905. The van der Waals surface area contributed by atoms with Crippen LogP contribution < -0.4 is 14.2 Å². The molecule has 2 aromatic heterocycles. The lowest BCUT2D eigenvalue weighted by Crippen LogP contribution is -2.46. The number of Topliss-reactive ketones (excluding diaryl/α,β-unsaturated/α-hetero) is 1. The largest absolute Gasteiger partial charge is 0.496 e. The van der Waals surface area contributed by atoms with E-state index in [4.69, 9.17) is 19.3 Å². The number of piperidine rings is 1. The Morgan fingerprint density at radius 1 is 1.17 bits per heavy atom. The molecule has 0 unspecified atom stereocenters. The van der Waals surface area contributed by atoms with Gasteiger partial charge in [-0.25, -0.2) is 14.2 Å². The van der Waals surface area contributed by atoms with E-state index in [9.17, 15) is 22.8 Å². The summed E-state index contributed by atoms with van der Waals surface area (Å²) in [4.78, 5) is 30.4. The summed E-state index contributed by atoms with van der Waals surface area (Å²) < 4.78 is 58.6. The summed E-state index contributed by atoms with van der Waals surface area (Å²) in [5.41, 5.74) is -0.484. The number of hydrogen-bond acceptors (Lipinski definition) is 7. The zero-order chi connectivity index (χ0) is 29.1. The van der Waals surface area contributed by atoms with E-state index in [1.807, 2.05) is 4.90 Å². The Morgan fingerprint density at radius 3 is 2.56 bits per heavy atom. The minimum atomic E-state index is -3.11. The smallest absolute Gasteiger partial charge is 0.387 e. The summed E-state index contributed by atoms with van der Waals surface area (Å²) in [5, 5.41) is 9.02. The third-order valence-electron chi connectivity index (χ3n) is 7.65. The molecule has 0 radical (unpaired) electrons. The Hall–Kier alpha value is -3.80. The van der Waals surface area contributed by atoms with Gasteiger partial charge in [0.2, 0.25) is 5.67 Å². The number of rotatable bonds is 13. The second-order valence-electron chi connectivity index (χ2n) is 10.5. The third-order valence-corrected chi connectivity index (χ3v) is 7.65. The number of ether oxygens (including phenoxy) is 3. The fourth-order valence-corrected chi connectivity index (χ4v) is 5.14. The molecule has 1 aliphatic carbocycles. The Bertz CT molecular complexity index is 1420. The van der Waals surface area contributed by atoms with Gasteiger partial charge in [0.05, 0.1) is 25.6 Å². The number of pyridine rings is 1. The van der Waals surface area contributed by atoms with Crippen LogP contribution in [0, 0.1) is 5.92 Å². The van der Waals surface area contributed by atoms with Crippen LogP contribution >= 0.6 is 0 Å². The monoisotopic (exact) mass is 575 g/mol. The number of imidazole rings is 1. The van der Waals surface area contributed by atoms with E-state index in [0.717, 1.165) is 12.8 Å². The van der Waals surface area contributed by atoms with E-state index in [2.05, 4.69) is 4.98 Å². The lowest BCUT2D eigenvalue weighted by molar-refractivity contribution is -0.154. The topological polar surface area (TPSA) is 103 Å². The molecule has 5 rings (SSSR count). The van der Waals surface area contributed by atoms with Gasteiger partial charge in [-0.05, 0) is 43.4 Å². The maximum Gasteiger partial charge on any atom is 0.387 e. The highest BCUT2D eigenvalue weighted by Crippen LogP contribution is 2.40. The second-order valence-corrected chi connectivity index (χ2v) is 10.5. The first-order valence-corrected chi connectivity index (χ1v) is 13.6. The average molecular weight is 576 g/mol. The number of aromatic nitrogens is 2. The number of likely N-dealkylation sites (tertiary alicyclic amines) is 1. The van der Waals surface area contributed by atoms with Gasteiger partial charge in [0.25, 0.3) is 0 Å². The van der Waals surface area contributed by atoms with E-state index < -0.39 is 18.2 Å². The van der Waals surface area contributed by atoms with Gasteiger partial charge < -0.3 is 24.2 Å². The second kappa shape index (κ2) is 12.0. The Balaban J connectivity index is 1.26. The zero-order valence-electron chi connectivity index (χ0n) is 22.7. The number of benzene rings is 1. The Morgan fingerprint density at radius 2 is 1.90 bits per heavy atom. The zero-order valence-corrected chi connectivity index (χ0v) is 22.7. The molecular weight excluding hydrogens is 543 g/mol. The average Bonchev–Trinajstić information content (AvgIpc) is 3.66. The molecule has 12 heteroatoms. The number of fused-ring (bicyclic) bond motifs is 1. The summed E-state index contributed by atoms with van der Waals surface area (Å²) in [6.45, 7) is -1.27. The summed E-state index contributed by atoms with van der Waals surface area (Å²) >= 11 is 0. The molecule has 41 heavy (non-hydrogen) atoms. The molecule has 3 aromatic rings. The molecule has 0 bridgehead atoms. The van der Waals surface area contributed by atoms with Crippen LogP contribution in [0.1, 0.15) is 48.9 Å². The number of hydrogen-bond donors (Lipinski definition) is 1. The van der Waals surface area contributed by atoms with Crippen molar-refractivity contribution in [3.05, 3.63) is 42.2 Å². The first-order chi connectivity index (χ1) is 19.7. The minimum absolute atomic E-state index is 0.0170. The lowest BCUT2D eigenvalue weighted by atomic mass is 9.93. The van der Waals surface area contributed by atoms with Crippen LogP contribution in [0.5, 0.6) is 17.2 Å². The molecule has 2 fully saturated rings. The van der Waals surface area contributed by atoms with Crippen molar-refractivity contribution < 1.29 is 42.1 Å². The van der Waals surface area contributed by atoms with E-state index in [0.29, 0.717) is 55.3 Å². The van der Waals surface area contributed by atoms with Crippen LogP contribution in [0.4, 0.5) is 13.2 Å². The number of aliphatic carboxylic acids is 1. The van der Waals surface area contributed by atoms with Crippen molar-refractivity contribution >= 4 is 17.4 Å². The van der Waals surface area contributed by atoms with Crippen molar-refractivity contribution in [3.8, 4) is 28.5 Å². The van der Waals surface area contributed by atoms with Gasteiger partial charge >= 0.3 is 12.6 Å². The molecule has 1 saturated heterocycles. The predicted octanol–water partition coefficient (Wildman–Crippen LogP) is 5.25. The van der Waals surface area contributed by atoms with E-state index in [1.54, 1.807) is 35.0 Å². The van der Waals surface area contributed by atoms with Gasteiger partial charge in [-0.15, -0.1) is 0 Å². The van der Waals surface area contributed by atoms with Crippen LogP contribution in [-0.4, -0.2) is 76.8 Å². The molecule has 9 nitrogen and oxygen atoms in total. The van der Waals surface area contributed by atoms with Crippen molar-refractivity contribution in [3.63, 3.8) is 0 Å². The van der Waals surface area contributed by atoms with Gasteiger partial charge in [0, 0.05) is 56.7 Å². The summed E-state index contributed by atoms with van der Waals surface area (Å²) in [6, 6.07) is 6.53. The third kappa shape index (κ3) is 6.58. The van der Waals surface area contributed by atoms with Crippen molar-refractivity contribution in [1.29, 1.82) is 0 Å². The molecule has 2 aliphatic rings. The van der Waals surface area contributed by atoms with Gasteiger partial charge in [0.1, 0.15) is 28.5 Å². The lowest BCUT2D eigenvalue weighted by Gasteiger charge is -2.33. The molecule has 0 atom stereocenters. The van der Waals surface area contributed by atoms with Crippen LogP contribution in [0.15, 0.2) is 36.7 Å². The summed E-state index contributed by atoms with van der Waals surface area (Å²) in [6.07, 6.45) is 6.11. The molecule has 1 saturated carbocycles. The van der Waals surface area contributed by atoms with Gasteiger partial charge in [-0.1, -0.05) is 0 Å². The molecule has 1 N–H and O–H groups in total. The highest BCUT2D eigenvalue weighted by Gasteiger charge is 2.41. The van der Waals surface area contributed by atoms with Gasteiger partial charge in [-0.2, -0.15) is 8.78 Å². The molecule has 220 valence electrons. The predicted molar refractivity (Wildman–Crippen MR) is 143 cm³/mol. The number of carbonyl (C=O) groups is 2. The van der Waals surface area contributed by atoms with Gasteiger partial charge in [0.15, 0.2) is 5.78 Å². The first-order valence-electron chi connectivity index (χ1n) is 13.6. The van der Waals surface area contributed by atoms with Crippen molar-refractivity contribution in [2.45, 2.75) is 50.8 Å². The maximum absolute atomic E-state index is 14.2. The summed E-state index contributed by atoms with van der Waals surface area (Å²) in [7, 11) is 1.38. The number of nitrogens with zero attached hydrogens (tertiary/aromatic N) is 3. The van der Waals surface area contributed by atoms with E-state index in [1.165, 1.54) is 13.2 Å². The maximum atomic E-state index is 14.2. The Kier molecular flexibility index (Phi) is 8.39. The van der Waals surface area contributed by atoms with Crippen molar-refractivity contribution in [2.75, 3.05) is 33.4 Å². The molecule has 3 heterocycles. The number of methoxy groups -OCH3 is 1. The molecule has 1 aliphatic heterocycles. The SMILES string of the molecule is COc1cc(-c2cnc3cc(OCCCN4CCC(F)(C(=O)O)CC4)ccn23)cc(OC(F)F)c1C(=O)CC1CC1. The highest BCUT2D eigenvalue weighted by atomic mass is 19.3. The fraction of sp³-hybridized carbons (Fsp3) is 0.483. The molecule has 0 spiro atoms. The van der Waals surface area contributed by atoms with Crippen LogP contribution in [0.2, 0.25) is 0 Å². The van der Waals surface area contributed by atoms with Crippen LogP contribution in [-0.2, 0) is 4.79 Å². The van der Waals surface area contributed by atoms with Crippen LogP contribution in [0.3, 0.4) is 0 Å². The molecule has 0 amide bonds. The van der Waals surface area contributed by atoms with E-state index >= 15 is 0 Å². The Labute approximate surface area is 234 Å². The number of ketones is 1.